The number of halogens is 1. The van der Waals surface area contributed by atoms with Crippen LogP contribution in [0.15, 0.2) is 24.3 Å². The molecule has 1 aromatic rings. The normalized spacial score (nSPS) is 26.8. The number of hydrogen-bond acceptors (Lipinski definition) is 3. The molecule has 1 aromatic carbocycles. The third kappa shape index (κ3) is 4.68. The van der Waals surface area contributed by atoms with E-state index in [-0.39, 0.29) is 23.9 Å². The maximum absolute atomic E-state index is 13.0. The van der Waals surface area contributed by atoms with E-state index in [1.807, 2.05) is 0 Å². The van der Waals surface area contributed by atoms with Crippen molar-refractivity contribution < 1.29 is 13.9 Å². The van der Waals surface area contributed by atoms with E-state index in [0.29, 0.717) is 5.92 Å². The average Bonchev–Trinajstić information content (AvgIpc) is 3.33. The summed E-state index contributed by atoms with van der Waals surface area (Å²) in [5.41, 5.74) is 1.09. The van der Waals surface area contributed by atoms with Crippen molar-refractivity contribution in [2.24, 2.45) is 0 Å². The van der Waals surface area contributed by atoms with Crippen LogP contribution in [-0.4, -0.2) is 56.4 Å². The van der Waals surface area contributed by atoms with Gasteiger partial charge in [0, 0.05) is 38.2 Å². The molecule has 3 rings (SSSR count). The molecule has 0 bridgehead atoms. The lowest BCUT2D eigenvalue weighted by Gasteiger charge is -2.32. The van der Waals surface area contributed by atoms with Gasteiger partial charge in [-0.25, -0.2) is 9.18 Å². The van der Waals surface area contributed by atoms with Crippen molar-refractivity contribution >= 4 is 6.03 Å². The minimum Gasteiger partial charge on any atom is -0.383 e. The van der Waals surface area contributed by atoms with Gasteiger partial charge in [-0.1, -0.05) is 12.1 Å². The van der Waals surface area contributed by atoms with Crippen LogP contribution in [0.1, 0.15) is 30.7 Å². The van der Waals surface area contributed by atoms with Crippen LogP contribution in [0.25, 0.3) is 0 Å². The molecule has 1 saturated carbocycles. The highest BCUT2D eigenvalue weighted by molar-refractivity contribution is 5.75. The number of piperidine rings is 1. The number of amides is 2. The lowest BCUT2D eigenvalue weighted by molar-refractivity contribution is 0.123. The van der Waals surface area contributed by atoms with Gasteiger partial charge in [0.15, 0.2) is 0 Å². The van der Waals surface area contributed by atoms with Crippen LogP contribution in [0.3, 0.4) is 0 Å². The summed E-state index contributed by atoms with van der Waals surface area (Å²) in [5.74, 6) is 0.0814. The number of methoxy groups -OCH3 is 1. The van der Waals surface area contributed by atoms with Crippen LogP contribution in [0.2, 0.25) is 0 Å². The fourth-order valence-corrected chi connectivity index (χ4v) is 3.43. The quantitative estimate of drug-likeness (QED) is 0.837. The number of hydrogen-bond donors (Lipinski definition) is 2. The Labute approximate surface area is 142 Å². The summed E-state index contributed by atoms with van der Waals surface area (Å²) in [5, 5.41) is 6.12. The third-order valence-electron chi connectivity index (χ3n) is 4.86. The first-order valence-electron chi connectivity index (χ1n) is 8.69. The predicted octanol–water partition coefficient (Wildman–Crippen LogP) is 2.09. The SMILES string of the molecule is COCCN1CCC[C@H](NC(=O)N[C@@H]2C[C@@H]2c2ccc(F)cc2)C1. The van der Waals surface area contributed by atoms with E-state index in [9.17, 15) is 9.18 Å². The van der Waals surface area contributed by atoms with Crippen LogP contribution in [0.5, 0.6) is 0 Å². The van der Waals surface area contributed by atoms with E-state index < -0.39 is 0 Å². The molecule has 1 aliphatic heterocycles. The molecular weight excluding hydrogens is 309 g/mol. The minimum atomic E-state index is -0.225. The van der Waals surface area contributed by atoms with E-state index in [4.69, 9.17) is 4.74 Å². The minimum absolute atomic E-state index is 0.0943. The maximum atomic E-state index is 13.0. The van der Waals surface area contributed by atoms with Crippen molar-refractivity contribution in [3.05, 3.63) is 35.6 Å². The molecule has 0 aromatic heterocycles. The summed E-state index contributed by atoms with van der Waals surface area (Å²) in [7, 11) is 1.71. The molecule has 1 heterocycles. The molecule has 1 aliphatic carbocycles. The summed E-state index contributed by atoms with van der Waals surface area (Å²) < 4.78 is 18.1. The van der Waals surface area contributed by atoms with Crippen LogP contribution in [0.4, 0.5) is 9.18 Å². The number of nitrogens with one attached hydrogen (secondary N) is 2. The fourth-order valence-electron chi connectivity index (χ4n) is 3.43. The monoisotopic (exact) mass is 335 g/mol. The topological polar surface area (TPSA) is 53.6 Å². The molecule has 2 amide bonds. The van der Waals surface area contributed by atoms with Gasteiger partial charge in [-0.05, 0) is 43.5 Å². The van der Waals surface area contributed by atoms with Gasteiger partial charge in [0.25, 0.3) is 0 Å². The molecule has 1 saturated heterocycles. The molecule has 2 aliphatic rings. The molecular formula is C18H26FN3O2. The van der Waals surface area contributed by atoms with E-state index in [1.54, 1.807) is 19.2 Å². The van der Waals surface area contributed by atoms with Gasteiger partial charge >= 0.3 is 6.03 Å². The Morgan fingerprint density at radius 1 is 1.33 bits per heavy atom. The Morgan fingerprint density at radius 2 is 2.12 bits per heavy atom. The van der Waals surface area contributed by atoms with Crippen molar-refractivity contribution in [3.63, 3.8) is 0 Å². The summed E-state index contributed by atoms with van der Waals surface area (Å²) in [6, 6.07) is 6.80. The Kier molecular flexibility index (Phi) is 5.68. The number of benzene rings is 1. The number of carbonyl (C=O) groups excluding carboxylic acids is 1. The second-order valence-electron chi connectivity index (χ2n) is 6.75. The van der Waals surface area contributed by atoms with Crippen LogP contribution >= 0.6 is 0 Å². The van der Waals surface area contributed by atoms with Crippen LogP contribution < -0.4 is 10.6 Å². The van der Waals surface area contributed by atoms with Crippen molar-refractivity contribution in [3.8, 4) is 0 Å². The average molecular weight is 335 g/mol. The van der Waals surface area contributed by atoms with Crippen molar-refractivity contribution in [2.45, 2.75) is 37.3 Å². The summed E-state index contributed by atoms with van der Waals surface area (Å²) in [4.78, 5) is 14.5. The predicted molar refractivity (Wildman–Crippen MR) is 90.6 cm³/mol. The Morgan fingerprint density at radius 3 is 2.88 bits per heavy atom. The van der Waals surface area contributed by atoms with Crippen molar-refractivity contribution in [1.82, 2.24) is 15.5 Å². The summed E-state index contributed by atoms with van der Waals surface area (Å²) >= 11 is 0. The highest BCUT2D eigenvalue weighted by Gasteiger charge is 2.39. The molecule has 0 spiro atoms. The standard InChI is InChI=1S/C18H26FN3O2/c1-24-10-9-22-8-2-3-15(12-22)20-18(23)21-17-11-16(17)13-4-6-14(19)7-5-13/h4-7,15-17H,2-3,8-12H2,1H3,(H2,20,21,23)/t15-,16+,17+/m0/s1. The van der Waals surface area contributed by atoms with E-state index in [1.165, 1.54) is 12.1 Å². The van der Waals surface area contributed by atoms with Gasteiger partial charge < -0.3 is 15.4 Å². The molecule has 6 heteroatoms. The lowest BCUT2D eigenvalue weighted by atomic mass is 10.1. The smallest absolute Gasteiger partial charge is 0.315 e. The number of rotatable bonds is 6. The number of carbonyl (C=O) groups is 1. The first-order valence-corrected chi connectivity index (χ1v) is 8.69. The highest BCUT2D eigenvalue weighted by Crippen LogP contribution is 2.40. The maximum Gasteiger partial charge on any atom is 0.315 e. The fraction of sp³-hybridized carbons (Fsp3) is 0.611. The zero-order valence-corrected chi connectivity index (χ0v) is 14.1. The molecule has 2 N–H and O–H groups in total. The van der Waals surface area contributed by atoms with Gasteiger partial charge in [0.1, 0.15) is 5.82 Å². The zero-order valence-electron chi connectivity index (χ0n) is 14.1. The Bertz CT molecular complexity index is 552. The molecule has 0 unspecified atom stereocenters. The molecule has 0 radical (unpaired) electrons. The van der Waals surface area contributed by atoms with Crippen molar-refractivity contribution in [1.29, 1.82) is 0 Å². The second kappa shape index (κ2) is 7.94. The third-order valence-corrected chi connectivity index (χ3v) is 4.86. The van der Waals surface area contributed by atoms with E-state index in [0.717, 1.165) is 51.1 Å². The number of ether oxygens (including phenoxy) is 1. The lowest BCUT2D eigenvalue weighted by Crippen LogP contribution is -2.51. The van der Waals surface area contributed by atoms with E-state index >= 15 is 0 Å². The summed E-state index contributed by atoms with van der Waals surface area (Å²) in [6.07, 6.45) is 3.03. The van der Waals surface area contributed by atoms with Gasteiger partial charge in [-0.2, -0.15) is 0 Å². The second-order valence-corrected chi connectivity index (χ2v) is 6.75. The molecule has 2 fully saturated rings. The number of urea groups is 1. The van der Waals surface area contributed by atoms with Gasteiger partial charge in [0.2, 0.25) is 0 Å². The van der Waals surface area contributed by atoms with Crippen molar-refractivity contribution in [2.75, 3.05) is 33.4 Å². The molecule has 5 nitrogen and oxygen atoms in total. The van der Waals surface area contributed by atoms with Gasteiger partial charge in [-0.15, -0.1) is 0 Å². The number of nitrogens with zero attached hydrogens (tertiary/aromatic N) is 1. The molecule has 3 atom stereocenters. The molecule has 132 valence electrons. The first-order chi connectivity index (χ1) is 11.7. The van der Waals surface area contributed by atoms with Gasteiger partial charge in [0.05, 0.1) is 6.61 Å². The van der Waals surface area contributed by atoms with E-state index in [2.05, 4.69) is 15.5 Å². The first kappa shape index (κ1) is 17.2. The number of likely N-dealkylation sites (tertiary alicyclic amines) is 1. The zero-order chi connectivity index (χ0) is 16.9. The highest BCUT2D eigenvalue weighted by atomic mass is 19.1. The summed E-state index contributed by atoms with van der Waals surface area (Å²) in [6.45, 7) is 3.58. The Hall–Kier alpha value is -1.66. The Balaban J connectivity index is 1.41. The van der Waals surface area contributed by atoms with Gasteiger partial charge in [-0.3, -0.25) is 4.90 Å². The van der Waals surface area contributed by atoms with Crippen LogP contribution in [0, 0.1) is 5.82 Å². The largest absolute Gasteiger partial charge is 0.383 e. The van der Waals surface area contributed by atoms with Crippen LogP contribution in [-0.2, 0) is 4.74 Å². The molecule has 24 heavy (non-hydrogen) atoms.